The van der Waals surface area contributed by atoms with Gasteiger partial charge in [-0.2, -0.15) is 5.26 Å². The third-order valence-corrected chi connectivity index (χ3v) is 2.18. The van der Waals surface area contributed by atoms with Crippen molar-refractivity contribution in [2.75, 3.05) is 0 Å². The Morgan fingerprint density at radius 1 is 1.42 bits per heavy atom. The summed E-state index contributed by atoms with van der Waals surface area (Å²) in [6.45, 7) is 0. The van der Waals surface area contributed by atoms with Gasteiger partial charge in [0.25, 0.3) is 0 Å². The van der Waals surface area contributed by atoms with Gasteiger partial charge in [0.1, 0.15) is 0 Å². The molecule has 0 unspecified atom stereocenters. The minimum atomic E-state index is 0.391. The fraction of sp³-hybridized carbons (Fsp3) is 0.222. The van der Waals surface area contributed by atoms with Gasteiger partial charge < -0.3 is 0 Å². The molecule has 0 aliphatic carbocycles. The van der Waals surface area contributed by atoms with Gasteiger partial charge in [-0.25, -0.2) is 0 Å². The van der Waals surface area contributed by atoms with Crippen molar-refractivity contribution < 1.29 is 0 Å². The fourth-order valence-corrected chi connectivity index (χ4v) is 1.47. The van der Waals surface area contributed by atoms with Gasteiger partial charge >= 0.3 is 0 Å². The van der Waals surface area contributed by atoms with E-state index in [2.05, 4.69) is 6.07 Å². The van der Waals surface area contributed by atoms with Crippen LogP contribution in [0.25, 0.3) is 0 Å². The molecule has 0 amide bonds. The van der Waals surface area contributed by atoms with Crippen LogP contribution in [0.15, 0.2) is 18.2 Å². The molecule has 12 heavy (non-hydrogen) atoms. The molecule has 0 aliphatic rings. The van der Waals surface area contributed by atoms with Crippen molar-refractivity contribution in [3.63, 3.8) is 0 Å². The predicted octanol–water partition coefficient (Wildman–Crippen LogP) is 3.14. The van der Waals surface area contributed by atoms with Crippen LogP contribution >= 0.6 is 23.2 Å². The van der Waals surface area contributed by atoms with Crippen LogP contribution in [0.1, 0.15) is 11.1 Å². The number of alkyl halides is 1. The molecule has 3 heteroatoms. The Morgan fingerprint density at radius 2 is 2.17 bits per heavy atom. The largest absolute Gasteiger partial charge is 0.198 e. The lowest BCUT2D eigenvalue weighted by molar-refractivity contribution is 1.24. The molecular formula is C9H7Cl2N. The Bertz CT molecular complexity index is 315. The quantitative estimate of drug-likeness (QED) is 0.672. The summed E-state index contributed by atoms with van der Waals surface area (Å²) in [4.78, 5) is 0. The number of nitriles is 1. The molecule has 0 N–H and O–H groups in total. The molecule has 0 aliphatic heterocycles. The molecule has 0 heterocycles. The molecule has 1 aromatic rings. The van der Waals surface area contributed by atoms with E-state index in [9.17, 15) is 0 Å². The maximum Gasteiger partial charge on any atom is 0.0669 e. The van der Waals surface area contributed by atoms with Gasteiger partial charge in [0.15, 0.2) is 0 Å². The molecule has 0 fully saturated rings. The average Bonchev–Trinajstić information content (AvgIpc) is 2.05. The molecular weight excluding hydrogens is 193 g/mol. The summed E-state index contributed by atoms with van der Waals surface area (Å²) in [7, 11) is 0. The van der Waals surface area contributed by atoms with Crippen LogP contribution in [-0.2, 0) is 12.3 Å². The van der Waals surface area contributed by atoms with Crippen LogP contribution < -0.4 is 0 Å². The summed E-state index contributed by atoms with van der Waals surface area (Å²) < 4.78 is 0. The van der Waals surface area contributed by atoms with E-state index in [0.29, 0.717) is 17.3 Å². The van der Waals surface area contributed by atoms with Crippen molar-refractivity contribution in [2.24, 2.45) is 0 Å². The van der Waals surface area contributed by atoms with Gasteiger partial charge in [-0.1, -0.05) is 23.7 Å². The zero-order valence-electron chi connectivity index (χ0n) is 6.35. The average molecular weight is 200 g/mol. The number of benzene rings is 1. The highest BCUT2D eigenvalue weighted by Gasteiger charge is 1.99. The molecule has 0 bridgehead atoms. The van der Waals surface area contributed by atoms with Gasteiger partial charge in [-0.05, 0) is 17.2 Å². The molecule has 0 saturated carbocycles. The first-order valence-corrected chi connectivity index (χ1v) is 4.39. The van der Waals surface area contributed by atoms with Crippen molar-refractivity contribution in [1.29, 1.82) is 5.26 Å². The lowest BCUT2D eigenvalue weighted by atomic mass is 10.1. The smallest absolute Gasteiger partial charge is 0.0669 e. The van der Waals surface area contributed by atoms with E-state index in [1.165, 1.54) is 0 Å². The zero-order chi connectivity index (χ0) is 8.97. The SMILES string of the molecule is N#CCc1ccc(CCl)c(Cl)c1. The molecule has 0 spiro atoms. The number of nitrogens with zero attached hydrogens (tertiary/aromatic N) is 1. The Balaban J connectivity index is 2.95. The Hall–Kier alpha value is -0.710. The Morgan fingerprint density at radius 3 is 2.67 bits per heavy atom. The first kappa shape index (κ1) is 9.38. The Labute approximate surface area is 81.5 Å². The molecule has 62 valence electrons. The van der Waals surface area contributed by atoms with Gasteiger partial charge in [0.2, 0.25) is 0 Å². The number of rotatable bonds is 2. The first-order valence-electron chi connectivity index (χ1n) is 3.48. The standard InChI is InChI=1S/C9H7Cl2N/c10-6-8-2-1-7(3-4-12)5-9(8)11/h1-2,5H,3,6H2. The van der Waals surface area contributed by atoms with Crippen LogP contribution in [-0.4, -0.2) is 0 Å². The topological polar surface area (TPSA) is 23.8 Å². The van der Waals surface area contributed by atoms with Crippen LogP contribution in [0.2, 0.25) is 5.02 Å². The second-order valence-electron chi connectivity index (χ2n) is 2.39. The molecule has 0 aromatic heterocycles. The summed E-state index contributed by atoms with van der Waals surface area (Å²) in [5, 5.41) is 9.05. The summed E-state index contributed by atoms with van der Waals surface area (Å²) in [6.07, 6.45) is 0.391. The van der Waals surface area contributed by atoms with E-state index in [4.69, 9.17) is 28.5 Å². The number of hydrogen-bond donors (Lipinski definition) is 0. The molecule has 0 saturated heterocycles. The van der Waals surface area contributed by atoms with Crippen LogP contribution in [0.5, 0.6) is 0 Å². The number of halogens is 2. The van der Waals surface area contributed by atoms with Crippen molar-refractivity contribution in [3.8, 4) is 6.07 Å². The predicted molar refractivity (Wildman–Crippen MR) is 50.3 cm³/mol. The summed E-state index contributed by atoms with van der Waals surface area (Å²) in [5.74, 6) is 0.408. The highest BCUT2D eigenvalue weighted by molar-refractivity contribution is 6.32. The number of hydrogen-bond acceptors (Lipinski definition) is 1. The van der Waals surface area contributed by atoms with Crippen molar-refractivity contribution >= 4 is 23.2 Å². The third-order valence-electron chi connectivity index (χ3n) is 1.54. The van der Waals surface area contributed by atoms with Crippen LogP contribution in [0, 0.1) is 11.3 Å². The van der Waals surface area contributed by atoms with Crippen molar-refractivity contribution in [3.05, 3.63) is 34.3 Å². The second kappa shape index (κ2) is 4.35. The van der Waals surface area contributed by atoms with Crippen LogP contribution in [0.3, 0.4) is 0 Å². The van der Waals surface area contributed by atoms with Gasteiger partial charge in [-0.3, -0.25) is 0 Å². The summed E-state index contributed by atoms with van der Waals surface area (Å²) in [5.41, 5.74) is 1.83. The third kappa shape index (κ3) is 2.14. The van der Waals surface area contributed by atoms with E-state index >= 15 is 0 Å². The monoisotopic (exact) mass is 199 g/mol. The summed E-state index contributed by atoms with van der Waals surface area (Å²) in [6, 6.07) is 7.55. The Kier molecular flexibility index (Phi) is 3.40. The molecule has 0 atom stereocenters. The molecule has 1 nitrogen and oxygen atoms in total. The van der Waals surface area contributed by atoms with E-state index in [1.807, 2.05) is 12.1 Å². The lowest BCUT2D eigenvalue weighted by Crippen LogP contribution is -1.85. The van der Waals surface area contributed by atoms with Crippen molar-refractivity contribution in [2.45, 2.75) is 12.3 Å². The molecule has 1 aromatic carbocycles. The lowest BCUT2D eigenvalue weighted by Gasteiger charge is -2.00. The minimum absolute atomic E-state index is 0.391. The zero-order valence-corrected chi connectivity index (χ0v) is 7.86. The maximum absolute atomic E-state index is 8.42. The normalized spacial score (nSPS) is 9.42. The van der Waals surface area contributed by atoms with Gasteiger partial charge in [-0.15, -0.1) is 11.6 Å². The minimum Gasteiger partial charge on any atom is -0.198 e. The second-order valence-corrected chi connectivity index (χ2v) is 3.07. The van der Waals surface area contributed by atoms with Gasteiger partial charge in [0, 0.05) is 10.9 Å². The van der Waals surface area contributed by atoms with Gasteiger partial charge in [0.05, 0.1) is 12.5 Å². The van der Waals surface area contributed by atoms with E-state index in [-0.39, 0.29) is 0 Å². The molecule has 0 radical (unpaired) electrons. The highest BCUT2D eigenvalue weighted by Crippen LogP contribution is 2.19. The van der Waals surface area contributed by atoms with E-state index in [1.54, 1.807) is 6.07 Å². The van der Waals surface area contributed by atoms with Crippen molar-refractivity contribution in [1.82, 2.24) is 0 Å². The maximum atomic E-state index is 8.42. The fourth-order valence-electron chi connectivity index (χ4n) is 0.900. The highest BCUT2D eigenvalue weighted by atomic mass is 35.5. The molecule has 1 rings (SSSR count). The first-order chi connectivity index (χ1) is 5.77. The van der Waals surface area contributed by atoms with E-state index < -0.39 is 0 Å². The summed E-state index contributed by atoms with van der Waals surface area (Å²) >= 11 is 11.5. The van der Waals surface area contributed by atoms with Crippen LogP contribution in [0.4, 0.5) is 0 Å². The van der Waals surface area contributed by atoms with E-state index in [0.717, 1.165) is 11.1 Å².